The minimum absolute atomic E-state index is 0.304. The lowest BCUT2D eigenvalue weighted by atomic mass is 10.1. The molecule has 100 valence electrons. The summed E-state index contributed by atoms with van der Waals surface area (Å²) in [6.07, 6.45) is 0. The molecule has 0 saturated carbocycles. The molecule has 0 amide bonds. The van der Waals surface area contributed by atoms with Gasteiger partial charge in [-0.25, -0.2) is 8.78 Å². The Hall–Kier alpha value is -1.94. The van der Waals surface area contributed by atoms with Gasteiger partial charge in [0.05, 0.1) is 0 Å². The molecule has 0 bridgehead atoms. The van der Waals surface area contributed by atoms with Crippen LogP contribution in [-0.2, 0) is 0 Å². The highest BCUT2D eigenvalue weighted by molar-refractivity contribution is 5.66. The van der Waals surface area contributed by atoms with Crippen LogP contribution in [0.4, 0.5) is 20.2 Å². The summed E-state index contributed by atoms with van der Waals surface area (Å²) in [4.78, 5) is 1.79. The van der Waals surface area contributed by atoms with Gasteiger partial charge in [0.2, 0.25) is 0 Å². The first-order valence-corrected chi connectivity index (χ1v) is 6.03. The molecule has 0 fully saturated rings. The van der Waals surface area contributed by atoms with Crippen LogP contribution in [0.3, 0.4) is 0 Å². The Bertz CT molecular complexity index is 582. The fourth-order valence-electron chi connectivity index (χ4n) is 2.02. The Morgan fingerprint density at radius 1 is 1.05 bits per heavy atom. The summed E-state index contributed by atoms with van der Waals surface area (Å²) in [7, 11) is 1.80. The molecular formula is C15H16F2N2. The number of hydrogen-bond donors (Lipinski definition) is 1. The molecule has 0 heterocycles. The molecule has 2 N–H and O–H groups in total. The Morgan fingerprint density at radius 3 is 2.37 bits per heavy atom. The summed E-state index contributed by atoms with van der Waals surface area (Å²) in [5, 5.41) is 0. The average Bonchev–Trinajstić information content (AvgIpc) is 2.37. The molecule has 0 unspecified atom stereocenters. The Morgan fingerprint density at radius 2 is 1.74 bits per heavy atom. The van der Waals surface area contributed by atoms with Crippen molar-refractivity contribution < 1.29 is 8.78 Å². The van der Waals surface area contributed by atoms with Gasteiger partial charge in [-0.3, -0.25) is 0 Å². The largest absolute Gasteiger partial charge is 0.344 e. The summed E-state index contributed by atoms with van der Waals surface area (Å²) in [6, 6.07) is 10.4. The number of nitrogens with zero attached hydrogens (tertiary/aromatic N) is 1. The van der Waals surface area contributed by atoms with Gasteiger partial charge in [0, 0.05) is 24.5 Å². The van der Waals surface area contributed by atoms with E-state index in [1.54, 1.807) is 37.1 Å². The lowest BCUT2D eigenvalue weighted by Crippen LogP contribution is -2.16. The molecule has 0 aliphatic carbocycles. The van der Waals surface area contributed by atoms with E-state index in [1.165, 1.54) is 24.3 Å². The molecule has 2 aromatic carbocycles. The minimum Gasteiger partial charge on any atom is -0.344 e. The monoisotopic (exact) mass is 262 g/mol. The van der Waals surface area contributed by atoms with E-state index < -0.39 is 0 Å². The predicted molar refractivity (Wildman–Crippen MR) is 73.5 cm³/mol. The van der Waals surface area contributed by atoms with Crippen molar-refractivity contribution in [3.63, 3.8) is 0 Å². The van der Waals surface area contributed by atoms with E-state index in [0.29, 0.717) is 11.3 Å². The fraction of sp³-hybridized carbons (Fsp3) is 0.200. The third kappa shape index (κ3) is 2.90. The van der Waals surface area contributed by atoms with Crippen LogP contribution in [-0.4, -0.2) is 7.05 Å². The van der Waals surface area contributed by atoms with Gasteiger partial charge in [-0.15, -0.1) is 0 Å². The van der Waals surface area contributed by atoms with Crippen LogP contribution in [0.1, 0.15) is 18.5 Å². The summed E-state index contributed by atoms with van der Waals surface area (Å²) in [6.45, 7) is 1.79. The van der Waals surface area contributed by atoms with Gasteiger partial charge < -0.3 is 10.6 Å². The maximum Gasteiger partial charge on any atom is 0.125 e. The zero-order valence-corrected chi connectivity index (χ0v) is 10.9. The lowest BCUT2D eigenvalue weighted by Gasteiger charge is -2.24. The maximum absolute atomic E-state index is 13.3. The van der Waals surface area contributed by atoms with Crippen molar-refractivity contribution in [3.8, 4) is 0 Å². The van der Waals surface area contributed by atoms with E-state index >= 15 is 0 Å². The third-order valence-corrected chi connectivity index (χ3v) is 3.04. The SMILES string of the molecule is C[C@H](N)c1cc(F)ccc1N(C)c1cccc(F)c1. The second-order valence-electron chi connectivity index (χ2n) is 4.53. The summed E-state index contributed by atoms with van der Waals surface area (Å²) in [5.74, 6) is -0.641. The molecule has 0 aliphatic rings. The minimum atomic E-state index is -0.330. The van der Waals surface area contributed by atoms with Gasteiger partial charge in [-0.1, -0.05) is 6.07 Å². The number of benzene rings is 2. The zero-order valence-electron chi connectivity index (χ0n) is 10.9. The Balaban J connectivity index is 2.46. The fourth-order valence-corrected chi connectivity index (χ4v) is 2.02. The van der Waals surface area contributed by atoms with Crippen LogP contribution < -0.4 is 10.6 Å². The van der Waals surface area contributed by atoms with Crippen LogP contribution in [0.25, 0.3) is 0 Å². The van der Waals surface area contributed by atoms with E-state index in [1.807, 2.05) is 0 Å². The van der Waals surface area contributed by atoms with E-state index in [0.717, 1.165) is 5.69 Å². The van der Waals surface area contributed by atoms with E-state index in [9.17, 15) is 8.78 Å². The van der Waals surface area contributed by atoms with Crippen LogP contribution >= 0.6 is 0 Å². The number of hydrogen-bond acceptors (Lipinski definition) is 2. The molecule has 2 aromatic rings. The van der Waals surface area contributed by atoms with Crippen molar-refractivity contribution >= 4 is 11.4 Å². The van der Waals surface area contributed by atoms with E-state index in [-0.39, 0.29) is 17.7 Å². The quantitative estimate of drug-likeness (QED) is 0.912. The maximum atomic E-state index is 13.3. The molecule has 0 aliphatic heterocycles. The molecule has 0 spiro atoms. The van der Waals surface area contributed by atoms with Crippen molar-refractivity contribution in [1.82, 2.24) is 0 Å². The molecule has 2 rings (SSSR count). The normalized spacial score (nSPS) is 12.3. The van der Waals surface area contributed by atoms with Crippen LogP contribution in [0.5, 0.6) is 0 Å². The van der Waals surface area contributed by atoms with Crippen LogP contribution in [0.15, 0.2) is 42.5 Å². The number of nitrogens with two attached hydrogens (primary N) is 1. The van der Waals surface area contributed by atoms with Crippen LogP contribution in [0, 0.1) is 11.6 Å². The second-order valence-corrected chi connectivity index (χ2v) is 4.53. The van der Waals surface area contributed by atoms with Gasteiger partial charge in [0.1, 0.15) is 11.6 Å². The first-order chi connectivity index (χ1) is 8.99. The van der Waals surface area contributed by atoms with Crippen LogP contribution in [0.2, 0.25) is 0 Å². The molecule has 4 heteroatoms. The number of anilines is 2. The third-order valence-electron chi connectivity index (χ3n) is 3.04. The molecule has 19 heavy (non-hydrogen) atoms. The van der Waals surface area contributed by atoms with Crippen molar-refractivity contribution in [2.75, 3.05) is 11.9 Å². The predicted octanol–water partition coefficient (Wildman–Crippen LogP) is 3.75. The van der Waals surface area contributed by atoms with Gasteiger partial charge in [0.15, 0.2) is 0 Å². The van der Waals surface area contributed by atoms with Gasteiger partial charge in [-0.2, -0.15) is 0 Å². The lowest BCUT2D eigenvalue weighted by molar-refractivity contribution is 0.622. The van der Waals surface area contributed by atoms with E-state index in [2.05, 4.69) is 0 Å². The zero-order chi connectivity index (χ0) is 14.0. The van der Waals surface area contributed by atoms with E-state index in [4.69, 9.17) is 5.73 Å². The van der Waals surface area contributed by atoms with Crippen molar-refractivity contribution in [1.29, 1.82) is 0 Å². The molecule has 2 nitrogen and oxygen atoms in total. The van der Waals surface area contributed by atoms with Crippen molar-refractivity contribution in [2.24, 2.45) is 5.73 Å². The first kappa shape index (κ1) is 13.5. The Kier molecular flexibility index (Phi) is 3.81. The van der Waals surface area contributed by atoms with Gasteiger partial charge in [-0.05, 0) is 48.9 Å². The second kappa shape index (κ2) is 5.36. The highest BCUT2D eigenvalue weighted by Crippen LogP contribution is 2.30. The van der Waals surface area contributed by atoms with Gasteiger partial charge >= 0.3 is 0 Å². The summed E-state index contributed by atoms with van der Waals surface area (Å²) < 4.78 is 26.6. The van der Waals surface area contributed by atoms with Crippen molar-refractivity contribution in [2.45, 2.75) is 13.0 Å². The standard InChI is InChI=1S/C15H16F2N2/c1-10(18)14-9-12(17)6-7-15(14)19(2)13-5-3-4-11(16)8-13/h3-10H,18H2,1-2H3/t10-/m0/s1. The average molecular weight is 262 g/mol. The highest BCUT2D eigenvalue weighted by Gasteiger charge is 2.13. The first-order valence-electron chi connectivity index (χ1n) is 6.03. The highest BCUT2D eigenvalue weighted by atomic mass is 19.1. The molecule has 0 radical (unpaired) electrons. The molecule has 0 aromatic heterocycles. The smallest absolute Gasteiger partial charge is 0.125 e. The number of halogens is 2. The summed E-state index contributed by atoms with van der Waals surface area (Å²) in [5.41, 5.74) is 8.00. The molecular weight excluding hydrogens is 246 g/mol. The summed E-state index contributed by atoms with van der Waals surface area (Å²) >= 11 is 0. The van der Waals surface area contributed by atoms with Gasteiger partial charge in [0.25, 0.3) is 0 Å². The van der Waals surface area contributed by atoms with Crippen molar-refractivity contribution in [3.05, 3.63) is 59.7 Å². The molecule has 0 saturated heterocycles. The Labute approximate surface area is 111 Å². The number of rotatable bonds is 3. The topological polar surface area (TPSA) is 29.3 Å². The molecule has 1 atom stereocenters.